The van der Waals surface area contributed by atoms with Crippen LogP contribution in [0.5, 0.6) is 0 Å². The lowest BCUT2D eigenvalue weighted by Crippen LogP contribution is -2.46. The standard InChI is InChI=1S/C29H33N5O4/c1-4-30-26-22(9-10-23(32-26)19-5-7-20(8-6-19)28(37)38)27(36)33-13-11-29(12-14-33)15-21-17-31-34(18(2)3)25(21)24(35)16-29/h5-10,17-18H,4,11-16H2,1-3H3,(H,30,32)(H,37,38). The Kier molecular flexibility index (Phi) is 6.77. The first-order valence-corrected chi connectivity index (χ1v) is 13.2. The maximum Gasteiger partial charge on any atom is 0.335 e. The van der Waals surface area contributed by atoms with E-state index in [-0.39, 0.29) is 28.7 Å². The van der Waals surface area contributed by atoms with Gasteiger partial charge in [0.2, 0.25) is 0 Å². The van der Waals surface area contributed by atoms with E-state index in [2.05, 4.69) is 10.4 Å². The maximum atomic E-state index is 13.6. The number of benzene rings is 1. The fourth-order valence-corrected chi connectivity index (χ4v) is 5.70. The normalized spacial score (nSPS) is 16.5. The Morgan fingerprint density at radius 3 is 2.42 bits per heavy atom. The lowest BCUT2D eigenvalue weighted by atomic mass is 9.67. The number of anilines is 1. The molecule has 5 rings (SSSR count). The summed E-state index contributed by atoms with van der Waals surface area (Å²) in [6.07, 6.45) is 4.71. The van der Waals surface area contributed by atoms with Crippen molar-refractivity contribution in [3.8, 4) is 11.3 Å². The molecular weight excluding hydrogens is 482 g/mol. The third-order valence-corrected chi connectivity index (χ3v) is 7.73. The van der Waals surface area contributed by atoms with E-state index in [0.29, 0.717) is 43.1 Å². The molecule has 3 aromatic rings. The van der Waals surface area contributed by atoms with Gasteiger partial charge in [0.25, 0.3) is 5.91 Å². The second kappa shape index (κ2) is 10.0. The van der Waals surface area contributed by atoms with Gasteiger partial charge in [0.15, 0.2) is 5.78 Å². The number of hydrogen-bond donors (Lipinski definition) is 2. The van der Waals surface area contributed by atoms with Crippen LogP contribution in [0.1, 0.15) is 82.8 Å². The minimum Gasteiger partial charge on any atom is -0.478 e. The molecule has 2 N–H and O–H groups in total. The average molecular weight is 516 g/mol. The molecule has 1 aliphatic carbocycles. The number of aromatic carboxylic acids is 1. The number of carbonyl (C=O) groups is 3. The van der Waals surface area contributed by atoms with E-state index >= 15 is 0 Å². The molecule has 1 amide bonds. The van der Waals surface area contributed by atoms with Gasteiger partial charge >= 0.3 is 5.97 Å². The molecule has 2 aliphatic rings. The van der Waals surface area contributed by atoms with Crippen LogP contribution in [0.2, 0.25) is 0 Å². The first-order chi connectivity index (χ1) is 18.2. The van der Waals surface area contributed by atoms with Gasteiger partial charge in [-0.2, -0.15) is 5.10 Å². The number of rotatable bonds is 6. The number of Topliss-reactive ketones (excluding diaryl/α,β-unsaturated/α-hetero) is 1. The Bertz CT molecular complexity index is 1380. The zero-order valence-corrected chi connectivity index (χ0v) is 22.0. The minimum atomic E-state index is -0.981. The number of fused-ring (bicyclic) bond motifs is 1. The molecule has 1 fully saturated rings. The van der Waals surface area contributed by atoms with Gasteiger partial charge in [0.1, 0.15) is 11.5 Å². The molecule has 38 heavy (non-hydrogen) atoms. The van der Waals surface area contributed by atoms with Gasteiger partial charge in [-0.25, -0.2) is 9.78 Å². The van der Waals surface area contributed by atoms with E-state index < -0.39 is 5.97 Å². The van der Waals surface area contributed by atoms with Gasteiger partial charge in [-0.3, -0.25) is 14.3 Å². The molecule has 0 radical (unpaired) electrons. The highest BCUT2D eigenvalue weighted by Crippen LogP contribution is 2.44. The lowest BCUT2D eigenvalue weighted by Gasteiger charge is -2.43. The van der Waals surface area contributed by atoms with Crippen molar-refractivity contribution >= 4 is 23.5 Å². The van der Waals surface area contributed by atoms with Crippen LogP contribution < -0.4 is 5.32 Å². The van der Waals surface area contributed by atoms with Crippen molar-refractivity contribution in [1.29, 1.82) is 0 Å². The number of pyridine rings is 1. The highest BCUT2D eigenvalue weighted by molar-refractivity contribution is 6.00. The summed E-state index contributed by atoms with van der Waals surface area (Å²) >= 11 is 0. The number of ketones is 1. The number of amides is 1. The van der Waals surface area contributed by atoms with E-state index in [9.17, 15) is 14.4 Å². The van der Waals surface area contributed by atoms with Crippen molar-refractivity contribution in [3.63, 3.8) is 0 Å². The lowest BCUT2D eigenvalue weighted by molar-refractivity contribution is 0.0517. The summed E-state index contributed by atoms with van der Waals surface area (Å²) < 4.78 is 1.84. The van der Waals surface area contributed by atoms with Crippen LogP contribution >= 0.6 is 0 Å². The zero-order chi connectivity index (χ0) is 27.0. The van der Waals surface area contributed by atoms with Crippen LogP contribution in [0.15, 0.2) is 42.6 Å². The molecule has 3 heterocycles. The molecule has 1 aliphatic heterocycles. The van der Waals surface area contributed by atoms with Gasteiger partial charge in [0.05, 0.1) is 23.0 Å². The smallest absolute Gasteiger partial charge is 0.335 e. The second-order valence-corrected chi connectivity index (χ2v) is 10.6. The predicted octanol–water partition coefficient (Wildman–Crippen LogP) is 4.71. The predicted molar refractivity (Wildman–Crippen MR) is 144 cm³/mol. The highest BCUT2D eigenvalue weighted by Gasteiger charge is 2.43. The third kappa shape index (κ3) is 4.68. The van der Waals surface area contributed by atoms with E-state index in [1.54, 1.807) is 36.4 Å². The highest BCUT2D eigenvalue weighted by atomic mass is 16.4. The Morgan fingerprint density at radius 2 is 1.79 bits per heavy atom. The number of carboxylic acids is 1. The van der Waals surface area contributed by atoms with Gasteiger partial charge in [-0.15, -0.1) is 0 Å². The van der Waals surface area contributed by atoms with Gasteiger partial charge < -0.3 is 15.3 Å². The van der Waals surface area contributed by atoms with Crippen LogP contribution in [0.25, 0.3) is 11.3 Å². The van der Waals surface area contributed by atoms with Crippen molar-refractivity contribution < 1.29 is 19.5 Å². The molecule has 0 saturated carbocycles. The maximum absolute atomic E-state index is 13.6. The van der Waals surface area contributed by atoms with Gasteiger partial charge in [-0.05, 0) is 69.7 Å². The molecule has 1 spiro atoms. The van der Waals surface area contributed by atoms with Crippen molar-refractivity contribution in [3.05, 3.63) is 65.0 Å². The van der Waals surface area contributed by atoms with E-state index in [1.165, 1.54) is 0 Å². The van der Waals surface area contributed by atoms with Crippen LogP contribution in [0.4, 0.5) is 5.82 Å². The first kappa shape index (κ1) is 25.6. The molecule has 198 valence electrons. The fourth-order valence-electron chi connectivity index (χ4n) is 5.70. The summed E-state index contributed by atoms with van der Waals surface area (Å²) in [6.45, 7) is 7.80. The molecule has 1 aromatic carbocycles. The molecule has 9 nitrogen and oxygen atoms in total. The number of nitrogens with one attached hydrogen (secondary N) is 1. The molecule has 0 unspecified atom stereocenters. The molecule has 0 atom stereocenters. The minimum absolute atomic E-state index is 0.0773. The van der Waals surface area contributed by atoms with Crippen molar-refractivity contribution in [2.75, 3.05) is 25.0 Å². The van der Waals surface area contributed by atoms with Crippen LogP contribution in [-0.4, -0.2) is 62.1 Å². The number of likely N-dealkylation sites (tertiary alicyclic amines) is 1. The summed E-state index contributed by atoms with van der Waals surface area (Å²) in [4.78, 5) is 44.4. The summed E-state index contributed by atoms with van der Waals surface area (Å²) in [7, 11) is 0. The Balaban J connectivity index is 1.32. The number of nitrogens with zero attached hydrogens (tertiary/aromatic N) is 4. The number of carbonyl (C=O) groups excluding carboxylic acids is 2. The molecule has 1 saturated heterocycles. The van der Waals surface area contributed by atoms with Gasteiger partial charge in [0, 0.05) is 43.2 Å². The summed E-state index contributed by atoms with van der Waals surface area (Å²) in [5, 5.41) is 16.8. The first-order valence-electron chi connectivity index (χ1n) is 13.2. The molecule has 2 aromatic heterocycles. The average Bonchev–Trinajstić information content (AvgIpc) is 3.33. The van der Waals surface area contributed by atoms with Crippen LogP contribution in [-0.2, 0) is 6.42 Å². The van der Waals surface area contributed by atoms with E-state index in [1.807, 2.05) is 36.5 Å². The largest absolute Gasteiger partial charge is 0.478 e. The Labute approximate surface area is 221 Å². The van der Waals surface area contributed by atoms with E-state index in [4.69, 9.17) is 10.1 Å². The fraction of sp³-hybridized carbons (Fsp3) is 0.414. The SMILES string of the molecule is CCNc1nc(-c2ccc(C(=O)O)cc2)ccc1C(=O)N1CCC2(CC1)CC(=O)c1c(cnn1C(C)C)C2. The molecular formula is C29H33N5O4. The van der Waals surface area contributed by atoms with Crippen molar-refractivity contribution in [1.82, 2.24) is 19.7 Å². The second-order valence-electron chi connectivity index (χ2n) is 10.6. The summed E-state index contributed by atoms with van der Waals surface area (Å²) in [6, 6.07) is 10.2. The van der Waals surface area contributed by atoms with Crippen molar-refractivity contribution in [2.45, 2.75) is 52.5 Å². The van der Waals surface area contributed by atoms with Gasteiger partial charge in [-0.1, -0.05) is 12.1 Å². The summed E-state index contributed by atoms with van der Waals surface area (Å²) in [5.74, 6) is -0.392. The Morgan fingerprint density at radius 1 is 1.08 bits per heavy atom. The quantitative estimate of drug-likeness (QED) is 0.488. The number of carboxylic acid groups (broad SMARTS) is 1. The van der Waals surface area contributed by atoms with E-state index in [0.717, 1.165) is 36.1 Å². The number of piperidine rings is 1. The Hall–Kier alpha value is -4.01. The van der Waals surface area contributed by atoms with Crippen molar-refractivity contribution in [2.24, 2.45) is 5.41 Å². The number of hydrogen-bond acceptors (Lipinski definition) is 6. The zero-order valence-electron chi connectivity index (χ0n) is 22.0. The molecule has 0 bridgehead atoms. The number of aromatic nitrogens is 3. The molecule has 9 heteroatoms. The topological polar surface area (TPSA) is 117 Å². The van der Waals surface area contributed by atoms with Crippen LogP contribution in [0, 0.1) is 5.41 Å². The summed E-state index contributed by atoms with van der Waals surface area (Å²) in [5.41, 5.74) is 3.80. The van der Waals surface area contributed by atoms with Crippen LogP contribution in [0.3, 0.4) is 0 Å². The third-order valence-electron chi connectivity index (χ3n) is 7.73. The monoisotopic (exact) mass is 515 g/mol.